The Balaban J connectivity index is 0.00000368. The van der Waals surface area contributed by atoms with Gasteiger partial charge >= 0.3 is 120 Å². The summed E-state index contributed by atoms with van der Waals surface area (Å²) in [5.74, 6) is 0.833. The summed E-state index contributed by atoms with van der Waals surface area (Å²) < 4.78 is 113. The summed E-state index contributed by atoms with van der Waals surface area (Å²) in [5, 5.41) is 0. The van der Waals surface area contributed by atoms with Gasteiger partial charge in [-0.05, 0) is 109 Å². The van der Waals surface area contributed by atoms with E-state index in [9.17, 15) is 38.9 Å². The van der Waals surface area contributed by atoms with Crippen LogP contribution < -0.4 is 88.7 Å². The van der Waals surface area contributed by atoms with E-state index in [1.165, 1.54) is 12.8 Å². The molecule has 5 unspecified atom stereocenters. The Hall–Kier alpha value is 2.61. The average molecular weight is 758 g/mol. The molecule has 0 spiro atoms. The van der Waals surface area contributed by atoms with Crippen LogP contribution in [0.25, 0.3) is 0 Å². The predicted octanol–water partition coefficient (Wildman–Crippen LogP) is -3.46. The molecule has 258 valence electrons. The first-order chi connectivity index (χ1) is 19.9. The fourth-order valence-corrected chi connectivity index (χ4v) is 11.9. The number of fused-ring (bicyclic) bond motifs is 5. The van der Waals surface area contributed by atoms with E-state index in [2.05, 4.69) is 34.6 Å². The Morgan fingerprint density at radius 2 is 1.32 bits per heavy atom. The van der Waals surface area contributed by atoms with Crippen molar-refractivity contribution in [1.82, 2.24) is 0 Å². The molecule has 4 aliphatic rings. The van der Waals surface area contributed by atoms with Gasteiger partial charge in [-0.1, -0.05) is 54.4 Å². The zero-order chi connectivity index (χ0) is 33.1. The second-order valence-electron chi connectivity index (χ2n) is 15.9. The van der Waals surface area contributed by atoms with Crippen LogP contribution in [0.15, 0.2) is 0 Å². The molecule has 0 aromatic rings. The number of hydrogen-bond donors (Lipinski definition) is 3. The van der Waals surface area contributed by atoms with Crippen LogP contribution >= 0.6 is 0 Å². The molecule has 3 N–H and O–H groups in total. The molecule has 4 rings (SSSR count). The maximum atomic E-state index is 11.8. The summed E-state index contributed by atoms with van der Waals surface area (Å²) in [7, 11) is -14.8. The summed E-state index contributed by atoms with van der Waals surface area (Å²) >= 11 is 0. The van der Waals surface area contributed by atoms with Crippen molar-refractivity contribution >= 4 is 31.2 Å². The van der Waals surface area contributed by atoms with Gasteiger partial charge in [-0.3, -0.25) is 13.7 Å². The van der Waals surface area contributed by atoms with Crippen molar-refractivity contribution in [2.45, 2.75) is 118 Å². The Kier molecular flexibility index (Phi) is 17.6. The van der Waals surface area contributed by atoms with Gasteiger partial charge in [-0.15, -0.1) is 0 Å². The molecule has 18 heteroatoms. The normalized spacial score (nSPS) is 38.0. The molecule has 0 aromatic heterocycles. The molecule has 4 saturated carbocycles. The van der Waals surface area contributed by atoms with Crippen molar-refractivity contribution in [2.75, 3.05) is 6.61 Å². The van der Waals surface area contributed by atoms with Gasteiger partial charge in [0.05, 0.1) is 6.61 Å². The maximum Gasteiger partial charge on any atom is 1.00 e. The van der Waals surface area contributed by atoms with Gasteiger partial charge in [-0.2, -0.15) is 25.3 Å². The van der Waals surface area contributed by atoms with E-state index < -0.39 is 60.7 Å². The van der Waals surface area contributed by atoms with E-state index >= 15 is 0 Å². The Morgan fingerprint density at radius 1 is 0.766 bits per heavy atom. The molecule has 4 aliphatic carbocycles. The van der Waals surface area contributed by atoms with Crippen LogP contribution in [-0.4, -0.2) is 57.7 Å². The molecule has 11 atom stereocenters. The quantitative estimate of drug-likeness (QED) is 0.140. The summed E-state index contributed by atoms with van der Waals surface area (Å²) in [6.07, 6.45) is 5.11. The van der Waals surface area contributed by atoms with Gasteiger partial charge < -0.3 is 0 Å². The second-order valence-corrected chi connectivity index (χ2v) is 19.1. The van der Waals surface area contributed by atoms with Crippen LogP contribution in [0, 0.1) is 57.7 Å². The molecule has 47 heavy (non-hydrogen) atoms. The monoisotopic (exact) mass is 757 g/mol. The first-order valence-corrected chi connectivity index (χ1v) is 19.9. The summed E-state index contributed by atoms with van der Waals surface area (Å²) in [4.78, 5) is 0. The van der Waals surface area contributed by atoms with E-state index in [-0.39, 0.29) is 131 Å². The summed E-state index contributed by atoms with van der Waals surface area (Å²) in [5.41, 5.74) is -0.298. The minimum atomic E-state index is -5.02. The SMILES string of the molecule is C[C@H](CCCC(C)(C)C)C1CCC2C3C[C@H](COS(=O)(=O)O)C4C[C@H](OS(=O)(=O)O)[C@@H](OS(=O)(=O)O)C[C@]4(C)C3CC[C@@]21C.[Na+].[Na+].[Na+]. The minimum Gasteiger partial charge on any atom is -0.264 e. The van der Waals surface area contributed by atoms with E-state index in [1.54, 1.807) is 0 Å². The van der Waals surface area contributed by atoms with Crippen LogP contribution in [0.2, 0.25) is 0 Å². The zero-order valence-electron chi connectivity index (χ0n) is 29.7. The van der Waals surface area contributed by atoms with Crippen molar-refractivity contribution in [3.05, 3.63) is 0 Å². The van der Waals surface area contributed by atoms with Crippen molar-refractivity contribution in [2.24, 2.45) is 57.7 Å². The van der Waals surface area contributed by atoms with Gasteiger partial charge in [0, 0.05) is 0 Å². The predicted molar refractivity (Wildman–Crippen MR) is 162 cm³/mol. The molecule has 0 aliphatic heterocycles. The van der Waals surface area contributed by atoms with Gasteiger partial charge in [0.15, 0.2) is 0 Å². The fraction of sp³-hybridized carbons (Fsp3) is 1.00. The van der Waals surface area contributed by atoms with E-state index in [1.807, 2.05) is 6.92 Å². The molecule has 0 aromatic carbocycles. The van der Waals surface area contributed by atoms with Crippen molar-refractivity contribution < 1.29 is 140 Å². The van der Waals surface area contributed by atoms with E-state index in [0.717, 1.165) is 32.1 Å². The van der Waals surface area contributed by atoms with E-state index in [0.29, 0.717) is 24.2 Å². The van der Waals surface area contributed by atoms with Gasteiger partial charge in [0.1, 0.15) is 12.2 Å². The number of hydrogen-bond acceptors (Lipinski definition) is 9. The van der Waals surface area contributed by atoms with Gasteiger partial charge in [-0.25, -0.2) is 12.5 Å². The van der Waals surface area contributed by atoms with Crippen LogP contribution in [-0.2, 0) is 43.7 Å². The molecule has 0 amide bonds. The zero-order valence-corrected chi connectivity index (χ0v) is 38.2. The second kappa shape index (κ2) is 17.4. The molecule has 12 nitrogen and oxygen atoms in total. The van der Waals surface area contributed by atoms with Gasteiger partial charge in [0.25, 0.3) is 0 Å². The topological polar surface area (TPSA) is 191 Å². The standard InChI is InChI=1S/C29H52O12S3.3Na/c1-18(8-7-12-27(2,3)4)21-9-10-22-20-14-19(17-39-42(30,31)32)24-15-25(40-43(33,34)35)26(41-44(36,37)38)16-29(24,6)23(20)11-13-28(21,22)5;;;/h18-26H,7-17H2,1-6H3,(H,30,31,32)(H,33,34,35)(H,36,37,38);;;/q;3*+1/t18-,19-,20?,21?,22?,23?,24?,25+,26+,28-,29-;;;/m1.../s1. The molecule has 0 heterocycles. The molecule has 0 bridgehead atoms. The Bertz CT molecular complexity index is 1370. The summed E-state index contributed by atoms with van der Waals surface area (Å²) in [6, 6.07) is 0. The van der Waals surface area contributed by atoms with Crippen molar-refractivity contribution in [1.29, 1.82) is 0 Å². The smallest absolute Gasteiger partial charge is 0.264 e. The van der Waals surface area contributed by atoms with E-state index in [4.69, 9.17) is 12.5 Å². The Morgan fingerprint density at radius 3 is 1.85 bits per heavy atom. The third-order valence-electron chi connectivity index (χ3n) is 12.1. The van der Waals surface area contributed by atoms with Crippen LogP contribution in [0.5, 0.6) is 0 Å². The third-order valence-corrected chi connectivity index (χ3v) is 13.5. The molecule has 0 radical (unpaired) electrons. The maximum absolute atomic E-state index is 11.8. The van der Waals surface area contributed by atoms with Crippen molar-refractivity contribution in [3.63, 3.8) is 0 Å². The van der Waals surface area contributed by atoms with Crippen LogP contribution in [0.3, 0.4) is 0 Å². The average Bonchev–Trinajstić information content (AvgIpc) is 3.17. The summed E-state index contributed by atoms with van der Waals surface area (Å²) in [6.45, 7) is 13.2. The molecular formula is C29H52Na3O12S3+3. The first-order valence-electron chi connectivity index (χ1n) is 15.8. The third kappa shape index (κ3) is 12.1. The Labute approximate surface area is 349 Å². The van der Waals surface area contributed by atoms with Gasteiger partial charge in [0.2, 0.25) is 0 Å². The van der Waals surface area contributed by atoms with Crippen molar-refractivity contribution in [3.8, 4) is 0 Å². The molecule has 4 fully saturated rings. The number of rotatable bonds is 11. The fourth-order valence-electron chi connectivity index (χ4n) is 10.5. The largest absolute Gasteiger partial charge is 1.00 e. The molecular weight excluding hydrogens is 705 g/mol. The molecule has 0 saturated heterocycles. The minimum absolute atomic E-state index is 0. The van der Waals surface area contributed by atoms with Crippen LogP contribution in [0.1, 0.15) is 106 Å². The first kappa shape index (κ1) is 47.6. The van der Waals surface area contributed by atoms with Crippen LogP contribution in [0.4, 0.5) is 0 Å².